The summed E-state index contributed by atoms with van der Waals surface area (Å²) in [7, 11) is 0. The van der Waals surface area contributed by atoms with Crippen LogP contribution in [0.5, 0.6) is 5.75 Å². The minimum atomic E-state index is -0.520. The summed E-state index contributed by atoms with van der Waals surface area (Å²) in [5.74, 6) is 0.397. The van der Waals surface area contributed by atoms with E-state index in [1.54, 1.807) is 25.1 Å². The Kier molecular flexibility index (Phi) is 4.33. The molecule has 1 atom stereocenters. The summed E-state index contributed by atoms with van der Waals surface area (Å²) in [5.41, 5.74) is 6.06. The number of hydrogen-bond donors (Lipinski definition) is 1. The van der Waals surface area contributed by atoms with E-state index >= 15 is 0 Å². The number of ether oxygens (including phenoxy) is 1. The predicted octanol–water partition coefficient (Wildman–Crippen LogP) is 2.66. The summed E-state index contributed by atoms with van der Waals surface area (Å²) in [4.78, 5) is 11.7. The minimum absolute atomic E-state index is 0.0122. The van der Waals surface area contributed by atoms with Crippen molar-refractivity contribution >= 4 is 17.4 Å². The maximum absolute atomic E-state index is 11.7. The molecule has 0 heterocycles. The van der Waals surface area contributed by atoms with E-state index in [9.17, 15) is 4.79 Å². The molecule has 1 rings (SSSR count). The first-order valence-corrected chi connectivity index (χ1v) is 5.55. The highest BCUT2D eigenvalue weighted by molar-refractivity contribution is 6.32. The first-order valence-electron chi connectivity index (χ1n) is 5.18. The Morgan fingerprint density at radius 1 is 1.38 bits per heavy atom. The molecule has 1 aromatic rings. The van der Waals surface area contributed by atoms with E-state index in [0.29, 0.717) is 16.3 Å². The van der Waals surface area contributed by atoms with Gasteiger partial charge in [0, 0.05) is 5.56 Å². The second kappa shape index (κ2) is 5.32. The Balaban J connectivity index is 3.02. The Bertz CT molecular complexity index is 389. The number of carbonyl (C=O) groups is 1. The van der Waals surface area contributed by atoms with Crippen LogP contribution in [0.4, 0.5) is 0 Å². The van der Waals surface area contributed by atoms with Crippen LogP contribution in [0, 0.1) is 0 Å². The third-order valence-electron chi connectivity index (χ3n) is 1.99. The molecule has 4 heteroatoms. The number of halogens is 1. The minimum Gasteiger partial charge on any atom is -0.489 e. The maximum Gasteiger partial charge on any atom is 0.179 e. The molecule has 0 aliphatic carbocycles. The van der Waals surface area contributed by atoms with Crippen LogP contribution in [0.25, 0.3) is 0 Å². The van der Waals surface area contributed by atoms with E-state index in [1.807, 2.05) is 13.8 Å². The maximum atomic E-state index is 11.7. The summed E-state index contributed by atoms with van der Waals surface area (Å²) in [6.45, 7) is 5.45. The zero-order valence-corrected chi connectivity index (χ0v) is 10.4. The molecule has 0 fully saturated rings. The number of ketones is 1. The number of Topliss-reactive ketones (excluding diaryl/α,β-unsaturated/α-hetero) is 1. The van der Waals surface area contributed by atoms with Gasteiger partial charge in [0.1, 0.15) is 5.75 Å². The molecule has 1 aromatic carbocycles. The number of benzene rings is 1. The molecular formula is C12H16ClNO2. The molecule has 0 spiro atoms. The van der Waals surface area contributed by atoms with Crippen molar-refractivity contribution in [3.05, 3.63) is 28.8 Å². The molecule has 0 aliphatic rings. The predicted molar refractivity (Wildman–Crippen MR) is 65.2 cm³/mol. The summed E-state index contributed by atoms with van der Waals surface area (Å²) in [5, 5.41) is 0.495. The monoisotopic (exact) mass is 241 g/mol. The van der Waals surface area contributed by atoms with Gasteiger partial charge >= 0.3 is 0 Å². The van der Waals surface area contributed by atoms with Crippen molar-refractivity contribution < 1.29 is 9.53 Å². The highest BCUT2D eigenvalue weighted by Gasteiger charge is 2.13. The number of nitrogens with two attached hydrogens (primary N) is 1. The number of carbonyl (C=O) groups excluding carboxylic acids is 1. The van der Waals surface area contributed by atoms with Gasteiger partial charge in [0.25, 0.3) is 0 Å². The Morgan fingerprint density at radius 2 is 2.00 bits per heavy atom. The highest BCUT2D eigenvalue weighted by atomic mass is 35.5. The molecule has 88 valence electrons. The van der Waals surface area contributed by atoms with Gasteiger partial charge in [-0.25, -0.2) is 0 Å². The van der Waals surface area contributed by atoms with E-state index < -0.39 is 6.04 Å². The van der Waals surface area contributed by atoms with Crippen molar-refractivity contribution in [1.82, 2.24) is 0 Å². The second-order valence-electron chi connectivity index (χ2n) is 3.96. The van der Waals surface area contributed by atoms with Crippen LogP contribution in [0.3, 0.4) is 0 Å². The lowest BCUT2D eigenvalue weighted by molar-refractivity contribution is 0.0967. The van der Waals surface area contributed by atoms with E-state index in [4.69, 9.17) is 22.1 Å². The van der Waals surface area contributed by atoms with Gasteiger partial charge in [-0.05, 0) is 39.0 Å². The molecule has 16 heavy (non-hydrogen) atoms. The molecule has 0 saturated heterocycles. The Morgan fingerprint density at radius 3 is 2.50 bits per heavy atom. The smallest absolute Gasteiger partial charge is 0.179 e. The van der Waals surface area contributed by atoms with Crippen LogP contribution in [0.2, 0.25) is 5.02 Å². The molecule has 1 unspecified atom stereocenters. The van der Waals surface area contributed by atoms with Crippen LogP contribution in [-0.2, 0) is 0 Å². The summed E-state index contributed by atoms with van der Waals surface area (Å²) >= 11 is 5.96. The molecule has 0 aliphatic heterocycles. The molecule has 0 radical (unpaired) electrons. The van der Waals surface area contributed by atoms with Crippen molar-refractivity contribution in [3.8, 4) is 5.75 Å². The number of rotatable bonds is 4. The van der Waals surface area contributed by atoms with Crippen molar-refractivity contribution in [2.45, 2.75) is 32.9 Å². The third-order valence-corrected chi connectivity index (χ3v) is 2.30. The fourth-order valence-electron chi connectivity index (χ4n) is 1.26. The quantitative estimate of drug-likeness (QED) is 0.825. The van der Waals surface area contributed by atoms with Gasteiger partial charge in [-0.1, -0.05) is 11.6 Å². The summed E-state index contributed by atoms with van der Waals surface area (Å²) in [6.07, 6.45) is 0.0122. The normalized spacial score (nSPS) is 12.6. The average Bonchev–Trinajstić information content (AvgIpc) is 2.19. The Hall–Kier alpha value is -1.06. The van der Waals surface area contributed by atoms with Gasteiger partial charge < -0.3 is 10.5 Å². The lowest BCUT2D eigenvalue weighted by Gasteiger charge is -2.13. The van der Waals surface area contributed by atoms with Gasteiger partial charge in [0.05, 0.1) is 17.2 Å². The fraction of sp³-hybridized carbons (Fsp3) is 0.417. The molecule has 0 bridgehead atoms. The third kappa shape index (κ3) is 3.22. The van der Waals surface area contributed by atoms with E-state index in [-0.39, 0.29) is 11.9 Å². The average molecular weight is 242 g/mol. The molecule has 0 saturated carbocycles. The van der Waals surface area contributed by atoms with Gasteiger partial charge in [-0.3, -0.25) is 4.79 Å². The molecule has 2 N–H and O–H groups in total. The van der Waals surface area contributed by atoms with Gasteiger partial charge in [-0.2, -0.15) is 0 Å². The van der Waals surface area contributed by atoms with Crippen molar-refractivity contribution in [2.75, 3.05) is 0 Å². The van der Waals surface area contributed by atoms with Crippen molar-refractivity contribution in [3.63, 3.8) is 0 Å². The topological polar surface area (TPSA) is 52.3 Å². The second-order valence-corrected chi connectivity index (χ2v) is 4.37. The summed E-state index contributed by atoms with van der Waals surface area (Å²) in [6, 6.07) is 4.41. The van der Waals surface area contributed by atoms with Crippen LogP contribution < -0.4 is 10.5 Å². The van der Waals surface area contributed by atoms with E-state index in [1.165, 1.54) is 0 Å². The lowest BCUT2D eigenvalue weighted by Crippen LogP contribution is -2.26. The fourth-order valence-corrected chi connectivity index (χ4v) is 1.43. The van der Waals surface area contributed by atoms with Crippen LogP contribution in [-0.4, -0.2) is 17.9 Å². The zero-order valence-electron chi connectivity index (χ0n) is 9.66. The van der Waals surface area contributed by atoms with Crippen molar-refractivity contribution in [1.29, 1.82) is 0 Å². The van der Waals surface area contributed by atoms with Crippen LogP contribution in [0.15, 0.2) is 18.2 Å². The largest absolute Gasteiger partial charge is 0.489 e. The van der Waals surface area contributed by atoms with E-state index in [0.717, 1.165) is 0 Å². The molecule has 0 aromatic heterocycles. The standard InChI is InChI=1S/C12H16ClNO2/c1-7(2)16-11-6-9(4-5-10(11)13)12(15)8(3)14/h4-8H,14H2,1-3H3. The van der Waals surface area contributed by atoms with Crippen molar-refractivity contribution in [2.24, 2.45) is 5.73 Å². The first-order chi connectivity index (χ1) is 7.41. The number of hydrogen-bond acceptors (Lipinski definition) is 3. The van der Waals surface area contributed by atoms with Crippen LogP contribution in [0.1, 0.15) is 31.1 Å². The van der Waals surface area contributed by atoms with Gasteiger partial charge in [0.2, 0.25) is 0 Å². The van der Waals surface area contributed by atoms with Gasteiger partial charge in [0.15, 0.2) is 5.78 Å². The van der Waals surface area contributed by atoms with Crippen LogP contribution >= 0.6 is 11.6 Å². The summed E-state index contributed by atoms with van der Waals surface area (Å²) < 4.78 is 5.49. The van der Waals surface area contributed by atoms with E-state index in [2.05, 4.69) is 0 Å². The molecular weight excluding hydrogens is 226 g/mol. The van der Waals surface area contributed by atoms with Gasteiger partial charge in [-0.15, -0.1) is 0 Å². The lowest BCUT2D eigenvalue weighted by atomic mass is 10.1. The first kappa shape index (κ1) is 13.0. The molecule has 3 nitrogen and oxygen atoms in total. The highest BCUT2D eigenvalue weighted by Crippen LogP contribution is 2.26. The SMILES string of the molecule is CC(C)Oc1cc(C(=O)C(C)N)ccc1Cl. The molecule has 0 amide bonds. The zero-order chi connectivity index (χ0) is 12.3. The Labute approximate surface area is 101 Å².